The van der Waals surface area contributed by atoms with Gasteiger partial charge in [0.25, 0.3) is 10.0 Å². The Kier molecular flexibility index (Phi) is 4.56. The number of para-hydroxylation sites is 1. The summed E-state index contributed by atoms with van der Waals surface area (Å²) >= 11 is 6.01. The minimum atomic E-state index is -3.81. The van der Waals surface area contributed by atoms with Crippen molar-refractivity contribution in [2.75, 3.05) is 4.72 Å². The molecule has 0 aliphatic heterocycles. The maximum absolute atomic E-state index is 12.4. The van der Waals surface area contributed by atoms with Crippen LogP contribution >= 0.6 is 11.6 Å². The average Bonchev–Trinajstić information content (AvgIpc) is 2.37. The molecule has 2 aromatic rings. The first-order valence-electron chi connectivity index (χ1n) is 6.37. The molecule has 0 bridgehead atoms. The van der Waals surface area contributed by atoms with Gasteiger partial charge in [0.05, 0.1) is 16.8 Å². The van der Waals surface area contributed by atoms with Crippen LogP contribution in [-0.2, 0) is 10.0 Å². The van der Waals surface area contributed by atoms with Crippen LogP contribution in [0.15, 0.2) is 47.4 Å². The van der Waals surface area contributed by atoms with Gasteiger partial charge < -0.3 is 5.11 Å². The van der Waals surface area contributed by atoms with Gasteiger partial charge in [0.1, 0.15) is 4.90 Å². The van der Waals surface area contributed by atoms with Crippen LogP contribution in [0.25, 0.3) is 0 Å². The molecule has 112 valence electrons. The Morgan fingerprint density at radius 1 is 1.19 bits per heavy atom. The van der Waals surface area contributed by atoms with Crippen LogP contribution in [-0.4, -0.2) is 13.5 Å². The van der Waals surface area contributed by atoms with Crippen molar-refractivity contribution in [1.82, 2.24) is 0 Å². The van der Waals surface area contributed by atoms with Crippen LogP contribution in [0.5, 0.6) is 0 Å². The predicted molar refractivity (Wildman–Crippen MR) is 84.1 cm³/mol. The average molecular weight is 326 g/mol. The van der Waals surface area contributed by atoms with Crippen molar-refractivity contribution in [1.29, 1.82) is 0 Å². The Morgan fingerprint density at radius 2 is 1.86 bits per heavy atom. The molecule has 0 spiro atoms. The van der Waals surface area contributed by atoms with Gasteiger partial charge in [0.2, 0.25) is 0 Å². The highest BCUT2D eigenvalue weighted by molar-refractivity contribution is 7.92. The smallest absolute Gasteiger partial charge is 0.263 e. The van der Waals surface area contributed by atoms with E-state index < -0.39 is 16.1 Å². The fraction of sp³-hybridized carbons (Fsp3) is 0.200. The molecule has 21 heavy (non-hydrogen) atoms. The molecule has 0 aliphatic rings. The molecule has 0 radical (unpaired) electrons. The molecule has 2 N–H and O–H groups in total. The quantitative estimate of drug-likeness (QED) is 0.904. The van der Waals surface area contributed by atoms with E-state index in [4.69, 9.17) is 11.6 Å². The topological polar surface area (TPSA) is 66.4 Å². The third kappa shape index (κ3) is 3.56. The number of aryl methyl sites for hydroxylation is 1. The lowest BCUT2D eigenvalue weighted by Gasteiger charge is -2.15. The first-order valence-corrected chi connectivity index (χ1v) is 8.23. The van der Waals surface area contributed by atoms with E-state index in [1.165, 1.54) is 6.07 Å². The third-order valence-corrected chi connectivity index (χ3v) is 4.88. The van der Waals surface area contributed by atoms with Crippen molar-refractivity contribution < 1.29 is 13.5 Å². The molecule has 1 atom stereocenters. The zero-order valence-electron chi connectivity index (χ0n) is 11.7. The summed E-state index contributed by atoms with van der Waals surface area (Å²) in [4.78, 5) is 0.00941. The van der Waals surface area contributed by atoms with E-state index in [9.17, 15) is 13.5 Å². The van der Waals surface area contributed by atoms with E-state index in [0.29, 0.717) is 11.3 Å². The molecular weight excluding hydrogens is 310 g/mol. The summed E-state index contributed by atoms with van der Waals surface area (Å²) < 4.78 is 27.3. The van der Waals surface area contributed by atoms with E-state index in [1.54, 1.807) is 43.3 Å². The highest BCUT2D eigenvalue weighted by atomic mass is 35.5. The Hall–Kier alpha value is -1.56. The van der Waals surface area contributed by atoms with E-state index in [2.05, 4.69) is 4.72 Å². The number of rotatable bonds is 4. The van der Waals surface area contributed by atoms with Gasteiger partial charge in [0.15, 0.2) is 0 Å². The predicted octanol–water partition coefficient (Wildman–Crippen LogP) is 3.50. The van der Waals surface area contributed by atoms with Crippen molar-refractivity contribution in [3.05, 3.63) is 58.6 Å². The lowest BCUT2D eigenvalue weighted by atomic mass is 10.1. The second-order valence-electron chi connectivity index (χ2n) is 4.80. The summed E-state index contributed by atoms with van der Waals surface area (Å²) in [5.74, 6) is 0. The van der Waals surface area contributed by atoms with E-state index in [1.807, 2.05) is 6.92 Å². The minimum absolute atomic E-state index is 0.00941. The SMILES string of the molecule is Cc1ccc(S(=O)(=O)Nc2ccccc2C(C)O)c(Cl)c1. The van der Waals surface area contributed by atoms with Gasteiger partial charge in [-0.1, -0.05) is 35.9 Å². The van der Waals surface area contributed by atoms with Crippen LogP contribution in [0.4, 0.5) is 5.69 Å². The number of hydrogen-bond acceptors (Lipinski definition) is 3. The number of aliphatic hydroxyl groups is 1. The van der Waals surface area contributed by atoms with E-state index in [-0.39, 0.29) is 9.92 Å². The molecule has 6 heteroatoms. The Labute approximate surface area is 129 Å². The lowest BCUT2D eigenvalue weighted by molar-refractivity contribution is 0.200. The Balaban J connectivity index is 2.43. The van der Waals surface area contributed by atoms with E-state index in [0.717, 1.165) is 5.56 Å². The first kappa shape index (κ1) is 15.8. The molecule has 0 heterocycles. The summed E-state index contributed by atoms with van der Waals surface area (Å²) in [7, 11) is -3.81. The molecule has 0 saturated carbocycles. The van der Waals surface area contributed by atoms with Crippen LogP contribution in [0.1, 0.15) is 24.2 Å². The molecule has 2 rings (SSSR count). The van der Waals surface area contributed by atoms with Crippen LogP contribution < -0.4 is 4.72 Å². The monoisotopic (exact) mass is 325 g/mol. The lowest BCUT2D eigenvalue weighted by Crippen LogP contribution is -2.15. The summed E-state index contributed by atoms with van der Waals surface area (Å²) in [5, 5.41) is 9.87. The van der Waals surface area contributed by atoms with Gasteiger partial charge >= 0.3 is 0 Å². The summed E-state index contributed by atoms with van der Waals surface area (Å²) in [6.07, 6.45) is -0.780. The first-order chi connectivity index (χ1) is 9.81. The van der Waals surface area contributed by atoms with Crippen molar-refractivity contribution in [3.63, 3.8) is 0 Å². The standard InChI is InChI=1S/C15H16ClNO3S/c1-10-7-8-15(13(16)9-10)21(19,20)17-14-6-4-3-5-12(14)11(2)18/h3-9,11,17-18H,1-2H3. The highest BCUT2D eigenvalue weighted by Gasteiger charge is 2.20. The molecule has 1 unspecified atom stereocenters. The molecule has 4 nitrogen and oxygen atoms in total. The number of nitrogens with one attached hydrogen (secondary N) is 1. The largest absolute Gasteiger partial charge is 0.389 e. The molecule has 0 fully saturated rings. The number of sulfonamides is 1. The number of aliphatic hydroxyl groups excluding tert-OH is 1. The van der Waals surface area contributed by atoms with Gasteiger partial charge in [-0.3, -0.25) is 4.72 Å². The van der Waals surface area contributed by atoms with Gasteiger partial charge in [-0.25, -0.2) is 8.42 Å². The maximum atomic E-state index is 12.4. The molecule has 2 aromatic carbocycles. The highest BCUT2D eigenvalue weighted by Crippen LogP contribution is 2.28. The normalized spacial score (nSPS) is 13.0. The van der Waals surface area contributed by atoms with Crippen molar-refractivity contribution in [2.24, 2.45) is 0 Å². The van der Waals surface area contributed by atoms with Crippen molar-refractivity contribution in [2.45, 2.75) is 24.8 Å². The summed E-state index contributed by atoms with van der Waals surface area (Å²) in [6, 6.07) is 11.4. The van der Waals surface area contributed by atoms with Crippen molar-refractivity contribution >= 4 is 27.3 Å². The number of anilines is 1. The van der Waals surface area contributed by atoms with Crippen LogP contribution in [0.2, 0.25) is 5.02 Å². The van der Waals surface area contributed by atoms with Gasteiger partial charge in [-0.2, -0.15) is 0 Å². The number of halogens is 1. The number of benzene rings is 2. The molecule has 0 aliphatic carbocycles. The molecule has 0 aromatic heterocycles. The molecular formula is C15H16ClNO3S. The van der Waals surface area contributed by atoms with Gasteiger partial charge in [-0.05, 0) is 37.6 Å². The molecule has 0 amide bonds. The Morgan fingerprint density at radius 3 is 2.48 bits per heavy atom. The fourth-order valence-corrected chi connectivity index (χ4v) is 3.67. The Bertz CT molecular complexity index is 757. The zero-order chi connectivity index (χ0) is 15.6. The van der Waals surface area contributed by atoms with Crippen molar-refractivity contribution in [3.8, 4) is 0 Å². The van der Waals surface area contributed by atoms with Gasteiger partial charge in [0, 0.05) is 5.56 Å². The van der Waals surface area contributed by atoms with Gasteiger partial charge in [-0.15, -0.1) is 0 Å². The minimum Gasteiger partial charge on any atom is -0.389 e. The van der Waals surface area contributed by atoms with Crippen LogP contribution in [0, 0.1) is 6.92 Å². The van der Waals surface area contributed by atoms with Crippen LogP contribution in [0.3, 0.4) is 0 Å². The fourth-order valence-electron chi connectivity index (χ4n) is 1.98. The second-order valence-corrected chi connectivity index (χ2v) is 6.86. The maximum Gasteiger partial charge on any atom is 0.263 e. The van der Waals surface area contributed by atoms with E-state index >= 15 is 0 Å². The summed E-state index contributed by atoms with van der Waals surface area (Å²) in [6.45, 7) is 3.41. The zero-order valence-corrected chi connectivity index (χ0v) is 13.2. The second kappa shape index (κ2) is 6.05. The number of hydrogen-bond donors (Lipinski definition) is 2. The molecule has 0 saturated heterocycles. The third-order valence-electron chi connectivity index (χ3n) is 3.03. The summed E-state index contributed by atoms with van der Waals surface area (Å²) in [5.41, 5.74) is 1.72.